The van der Waals surface area contributed by atoms with Crippen LogP contribution in [0.1, 0.15) is 33.1 Å². The summed E-state index contributed by atoms with van der Waals surface area (Å²) in [5.74, 6) is -1.67. The van der Waals surface area contributed by atoms with E-state index >= 15 is 0 Å². The number of aryl methyl sites for hydroxylation is 2. The van der Waals surface area contributed by atoms with Crippen molar-refractivity contribution in [2.75, 3.05) is 19.0 Å². The summed E-state index contributed by atoms with van der Waals surface area (Å²) in [7, 11) is 1.26. The molecule has 0 spiro atoms. The van der Waals surface area contributed by atoms with Crippen LogP contribution in [0.5, 0.6) is 0 Å². The topological polar surface area (TPSA) is 121 Å². The molecule has 0 radical (unpaired) electrons. The first-order chi connectivity index (χ1) is 15.3. The van der Waals surface area contributed by atoms with Gasteiger partial charge in [0.25, 0.3) is 5.91 Å². The Morgan fingerprint density at radius 1 is 1.19 bits per heavy atom. The van der Waals surface area contributed by atoms with Gasteiger partial charge in [0.1, 0.15) is 10.8 Å². The van der Waals surface area contributed by atoms with Gasteiger partial charge in [-0.05, 0) is 43.7 Å². The number of nitrogens with zero attached hydrogens (tertiary/aromatic N) is 2. The number of carbonyl (C=O) groups excluding carboxylic acids is 3. The van der Waals surface area contributed by atoms with Crippen molar-refractivity contribution >= 4 is 34.2 Å². The highest BCUT2D eigenvalue weighted by Gasteiger charge is 2.22. The van der Waals surface area contributed by atoms with Crippen molar-refractivity contribution in [3.63, 3.8) is 0 Å². The lowest BCUT2D eigenvalue weighted by atomic mass is 10.1. The van der Waals surface area contributed by atoms with Gasteiger partial charge in [-0.3, -0.25) is 9.59 Å². The maximum atomic E-state index is 13.0. The smallest absolute Gasteiger partial charge is 0.341 e. The highest BCUT2D eigenvalue weighted by atomic mass is 32.1. The number of aromatic nitrogens is 2. The van der Waals surface area contributed by atoms with Crippen molar-refractivity contribution in [3.8, 4) is 11.4 Å². The van der Waals surface area contributed by atoms with Gasteiger partial charge >= 0.3 is 11.9 Å². The Hall–Kier alpha value is -3.60. The van der Waals surface area contributed by atoms with Crippen LogP contribution in [0.25, 0.3) is 11.4 Å². The van der Waals surface area contributed by atoms with Gasteiger partial charge < -0.3 is 19.3 Å². The fourth-order valence-corrected chi connectivity index (χ4v) is 3.79. The molecule has 11 heteroatoms. The minimum Gasteiger partial charge on any atom is -0.465 e. The van der Waals surface area contributed by atoms with Gasteiger partial charge in [0.05, 0.1) is 19.1 Å². The molecule has 3 aromatic rings. The molecule has 3 rings (SSSR count). The van der Waals surface area contributed by atoms with Crippen LogP contribution in [0.2, 0.25) is 0 Å². The Bertz CT molecular complexity index is 1140. The summed E-state index contributed by atoms with van der Waals surface area (Å²) in [6.45, 7) is 3.06. The first-order valence-electron chi connectivity index (χ1n) is 9.50. The molecule has 2 heterocycles. The summed E-state index contributed by atoms with van der Waals surface area (Å²) in [5, 5.41) is 6.71. The molecule has 0 atom stereocenters. The predicted molar refractivity (Wildman–Crippen MR) is 113 cm³/mol. The van der Waals surface area contributed by atoms with Crippen LogP contribution in [-0.2, 0) is 25.5 Å². The van der Waals surface area contributed by atoms with Crippen molar-refractivity contribution in [2.24, 2.45) is 0 Å². The number of nitrogens with one attached hydrogen (secondary N) is 1. The van der Waals surface area contributed by atoms with Gasteiger partial charge in [0, 0.05) is 16.9 Å². The first-order valence-corrected chi connectivity index (χ1v) is 10.3. The largest absolute Gasteiger partial charge is 0.465 e. The summed E-state index contributed by atoms with van der Waals surface area (Å²) < 4.78 is 27.8. The number of amides is 1. The zero-order valence-electron chi connectivity index (χ0n) is 17.6. The number of thiophene rings is 1. The Labute approximate surface area is 186 Å². The number of esters is 2. The second-order valence-electron chi connectivity index (χ2n) is 6.71. The highest BCUT2D eigenvalue weighted by molar-refractivity contribution is 7.16. The zero-order valence-corrected chi connectivity index (χ0v) is 18.4. The maximum Gasteiger partial charge on any atom is 0.341 e. The molecule has 9 nitrogen and oxygen atoms in total. The first kappa shape index (κ1) is 23.1. The standard InChI is InChI=1S/C21H20FN3O6S/c1-11-12(2)32-20(18(11)21(28)29-3)23-15(26)10-30-17(27)9-8-16-24-19(25-31-16)13-4-6-14(22)7-5-13/h4-7H,8-10H2,1-3H3,(H,23,26). The van der Waals surface area contributed by atoms with Gasteiger partial charge in [-0.15, -0.1) is 11.3 Å². The molecule has 2 aromatic heterocycles. The number of methoxy groups -OCH3 is 1. The van der Waals surface area contributed by atoms with Crippen molar-refractivity contribution in [1.29, 1.82) is 0 Å². The molecular formula is C21H20FN3O6S. The van der Waals surface area contributed by atoms with E-state index in [9.17, 15) is 18.8 Å². The van der Waals surface area contributed by atoms with Gasteiger partial charge in [0.2, 0.25) is 11.7 Å². The van der Waals surface area contributed by atoms with E-state index in [-0.39, 0.29) is 35.9 Å². The van der Waals surface area contributed by atoms with Gasteiger partial charge in [-0.2, -0.15) is 4.98 Å². The van der Waals surface area contributed by atoms with Crippen molar-refractivity contribution in [1.82, 2.24) is 10.1 Å². The van der Waals surface area contributed by atoms with Crippen LogP contribution in [0, 0.1) is 19.7 Å². The maximum absolute atomic E-state index is 13.0. The molecule has 1 amide bonds. The summed E-state index contributed by atoms with van der Waals surface area (Å²) in [6.07, 6.45) is 0.0351. The van der Waals surface area contributed by atoms with E-state index in [4.69, 9.17) is 14.0 Å². The molecule has 0 saturated carbocycles. The quantitative estimate of drug-likeness (QED) is 0.507. The highest BCUT2D eigenvalue weighted by Crippen LogP contribution is 2.32. The van der Waals surface area contributed by atoms with E-state index in [1.807, 2.05) is 6.92 Å². The number of hydrogen-bond acceptors (Lipinski definition) is 9. The molecule has 1 N–H and O–H groups in total. The molecule has 0 saturated heterocycles. The third-order valence-electron chi connectivity index (χ3n) is 4.51. The average molecular weight is 461 g/mol. The SMILES string of the molecule is COC(=O)c1c(NC(=O)COC(=O)CCc2nc(-c3ccc(F)cc3)no2)sc(C)c1C. The molecular weight excluding hydrogens is 441 g/mol. The van der Waals surface area contributed by atoms with Crippen LogP contribution in [0.3, 0.4) is 0 Å². The molecule has 0 unspecified atom stereocenters. The Morgan fingerprint density at radius 3 is 2.59 bits per heavy atom. The fourth-order valence-electron chi connectivity index (χ4n) is 2.73. The molecule has 0 aliphatic carbocycles. The van der Waals surface area contributed by atoms with Gasteiger partial charge in [-0.1, -0.05) is 5.16 Å². The lowest BCUT2D eigenvalue weighted by molar-refractivity contribution is -0.147. The van der Waals surface area contributed by atoms with Crippen molar-refractivity contribution < 1.29 is 32.8 Å². The monoisotopic (exact) mass is 461 g/mol. The Kier molecular flexibility index (Phi) is 7.31. The third kappa shape index (κ3) is 5.55. The number of benzene rings is 1. The van der Waals surface area contributed by atoms with Crippen LogP contribution in [-0.4, -0.2) is 41.7 Å². The number of hydrogen-bond donors (Lipinski definition) is 1. The van der Waals surface area contributed by atoms with E-state index < -0.39 is 24.5 Å². The normalized spacial score (nSPS) is 10.6. The lowest BCUT2D eigenvalue weighted by Crippen LogP contribution is -2.21. The summed E-state index contributed by atoms with van der Waals surface area (Å²) in [5.41, 5.74) is 1.57. The molecule has 0 bridgehead atoms. The summed E-state index contributed by atoms with van der Waals surface area (Å²) >= 11 is 1.23. The number of carbonyl (C=O) groups is 3. The number of ether oxygens (including phenoxy) is 2. The zero-order chi connectivity index (χ0) is 23.3. The van der Waals surface area contributed by atoms with Crippen LogP contribution < -0.4 is 5.32 Å². The van der Waals surface area contributed by atoms with Crippen LogP contribution in [0.15, 0.2) is 28.8 Å². The predicted octanol–water partition coefficient (Wildman–Crippen LogP) is 3.46. The van der Waals surface area contributed by atoms with E-state index in [0.29, 0.717) is 16.1 Å². The summed E-state index contributed by atoms with van der Waals surface area (Å²) in [4.78, 5) is 41.1. The fraction of sp³-hybridized carbons (Fsp3) is 0.286. The lowest BCUT2D eigenvalue weighted by Gasteiger charge is -2.07. The van der Waals surface area contributed by atoms with E-state index in [1.165, 1.54) is 42.7 Å². The Morgan fingerprint density at radius 2 is 1.91 bits per heavy atom. The van der Waals surface area contributed by atoms with Gasteiger partial charge in [-0.25, -0.2) is 9.18 Å². The Balaban J connectivity index is 1.48. The number of anilines is 1. The molecule has 0 aliphatic rings. The van der Waals surface area contributed by atoms with E-state index in [0.717, 1.165) is 4.88 Å². The second-order valence-corrected chi connectivity index (χ2v) is 7.93. The van der Waals surface area contributed by atoms with Gasteiger partial charge in [0.15, 0.2) is 6.61 Å². The second kappa shape index (κ2) is 10.1. The van der Waals surface area contributed by atoms with Crippen molar-refractivity contribution in [2.45, 2.75) is 26.7 Å². The summed E-state index contributed by atoms with van der Waals surface area (Å²) in [6, 6.07) is 5.58. The molecule has 0 fully saturated rings. The third-order valence-corrected chi connectivity index (χ3v) is 5.63. The minimum absolute atomic E-state index is 0.0804. The minimum atomic E-state index is -0.631. The van der Waals surface area contributed by atoms with Crippen molar-refractivity contribution in [3.05, 3.63) is 52.0 Å². The average Bonchev–Trinajstić information content (AvgIpc) is 3.35. The van der Waals surface area contributed by atoms with E-state index in [1.54, 1.807) is 6.92 Å². The van der Waals surface area contributed by atoms with E-state index in [2.05, 4.69) is 15.5 Å². The molecule has 0 aliphatic heterocycles. The molecule has 32 heavy (non-hydrogen) atoms. The van der Waals surface area contributed by atoms with Crippen LogP contribution in [0.4, 0.5) is 9.39 Å². The number of halogens is 1. The van der Waals surface area contributed by atoms with Crippen LogP contribution >= 0.6 is 11.3 Å². The molecule has 168 valence electrons. The number of rotatable bonds is 8. The molecule has 1 aromatic carbocycles.